The van der Waals surface area contributed by atoms with E-state index in [0.717, 1.165) is 12.1 Å². The third-order valence-electron chi connectivity index (χ3n) is 2.53. The summed E-state index contributed by atoms with van der Waals surface area (Å²) in [5.74, 6) is -3.52. The molecule has 4 nitrogen and oxygen atoms in total. The van der Waals surface area contributed by atoms with Crippen molar-refractivity contribution in [2.24, 2.45) is 0 Å². The average Bonchev–Trinajstić information content (AvgIpc) is 2.44. The van der Waals surface area contributed by atoms with E-state index in [1.165, 1.54) is 18.2 Å². The van der Waals surface area contributed by atoms with Crippen LogP contribution in [0.2, 0.25) is 5.02 Å². The SMILES string of the molecule is O=C(NC(=O)c1cccc(F)c1F)Nc1ccc(Cl)cc1. The lowest BCUT2D eigenvalue weighted by Crippen LogP contribution is -2.34. The molecule has 21 heavy (non-hydrogen) atoms. The van der Waals surface area contributed by atoms with Gasteiger partial charge in [0.25, 0.3) is 5.91 Å². The predicted octanol–water partition coefficient (Wildman–Crippen LogP) is 3.58. The Hall–Kier alpha value is -2.47. The lowest BCUT2D eigenvalue weighted by molar-refractivity contribution is 0.0962. The zero-order valence-electron chi connectivity index (χ0n) is 10.5. The molecule has 2 aromatic rings. The van der Waals surface area contributed by atoms with Crippen LogP contribution in [-0.2, 0) is 0 Å². The molecule has 0 aliphatic rings. The van der Waals surface area contributed by atoms with Gasteiger partial charge in [0.1, 0.15) is 0 Å². The Morgan fingerprint density at radius 1 is 1.00 bits per heavy atom. The highest BCUT2D eigenvalue weighted by molar-refractivity contribution is 6.30. The van der Waals surface area contributed by atoms with Gasteiger partial charge in [-0.1, -0.05) is 17.7 Å². The largest absolute Gasteiger partial charge is 0.326 e. The third-order valence-corrected chi connectivity index (χ3v) is 2.78. The fourth-order valence-electron chi connectivity index (χ4n) is 1.55. The van der Waals surface area contributed by atoms with Crippen molar-refractivity contribution in [3.8, 4) is 0 Å². The van der Waals surface area contributed by atoms with E-state index in [1.807, 2.05) is 5.32 Å². The number of hydrogen-bond donors (Lipinski definition) is 2. The number of carbonyl (C=O) groups excluding carboxylic acids is 2. The van der Waals surface area contributed by atoms with Gasteiger partial charge in [-0.05, 0) is 36.4 Å². The molecule has 0 saturated carbocycles. The molecule has 0 radical (unpaired) electrons. The predicted molar refractivity (Wildman–Crippen MR) is 74.3 cm³/mol. The van der Waals surface area contributed by atoms with E-state index in [-0.39, 0.29) is 0 Å². The molecule has 0 unspecified atom stereocenters. The molecule has 0 saturated heterocycles. The lowest BCUT2D eigenvalue weighted by atomic mass is 10.2. The topological polar surface area (TPSA) is 58.2 Å². The molecule has 2 aromatic carbocycles. The molecule has 2 N–H and O–H groups in total. The maximum atomic E-state index is 13.4. The summed E-state index contributed by atoms with van der Waals surface area (Å²) in [5, 5.41) is 4.74. The zero-order valence-corrected chi connectivity index (χ0v) is 11.2. The van der Waals surface area contributed by atoms with Gasteiger partial charge in [-0.3, -0.25) is 10.1 Å². The van der Waals surface area contributed by atoms with E-state index >= 15 is 0 Å². The van der Waals surface area contributed by atoms with Crippen molar-refractivity contribution >= 4 is 29.2 Å². The molecule has 7 heteroatoms. The van der Waals surface area contributed by atoms with E-state index in [4.69, 9.17) is 11.6 Å². The van der Waals surface area contributed by atoms with Crippen LogP contribution in [0.4, 0.5) is 19.3 Å². The van der Waals surface area contributed by atoms with Crippen LogP contribution < -0.4 is 10.6 Å². The van der Waals surface area contributed by atoms with Gasteiger partial charge in [-0.2, -0.15) is 0 Å². The Labute approximate surface area is 123 Å². The highest BCUT2D eigenvalue weighted by atomic mass is 35.5. The Morgan fingerprint density at radius 3 is 2.33 bits per heavy atom. The van der Waals surface area contributed by atoms with E-state index < -0.39 is 29.1 Å². The highest BCUT2D eigenvalue weighted by Gasteiger charge is 2.17. The summed E-state index contributed by atoms with van der Waals surface area (Å²) in [6.07, 6.45) is 0. The van der Waals surface area contributed by atoms with Crippen LogP contribution in [0.3, 0.4) is 0 Å². The normalized spacial score (nSPS) is 10.0. The van der Waals surface area contributed by atoms with E-state index in [2.05, 4.69) is 5.32 Å². The Morgan fingerprint density at radius 2 is 1.67 bits per heavy atom. The van der Waals surface area contributed by atoms with Crippen molar-refractivity contribution in [3.05, 3.63) is 64.7 Å². The first-order valence-corrected chi connectivity index (χ1v) is 6.17. The molecule has 0 aliphatic carbocycles. The van der Waals surface area contributed by atoms with Gasteiger partial charge in [0, 0.05) is 10.7 Å². The number of halogens is 3. The molecule has 0 heterocycles. The summed E-state index contributed by atoms with van der Waals surface area (Å²) in [7, 11) is 0. The van der Waals surface area contributed by atoms with Gasteiger partial charge in [0.2, 0.25) is 0 Å². The first-order valence-electron chi connectivity index (χ1n) is 5.79. The monoisotopic (exact) mass is 310 g/mol. The fourth-order valence-corrected chi connectivity index (χ4v) is 1.67. The number of nitrogens with one attached hydrogen (secondary N) is 2. The quantitative estimate of drug-likeness (QED) is 0.890. The van der Waals surface area contributed by atoms with Crippen molar-refractivity contribution in [2.75, 3.05) is 5.32 Å². The van der Waals surface area contributed by atoms with E-state index in [1.54, 1.807) is 12.1 Å². The zero-order chi connectivity index (χ0) is 15.4. The number of urea groups is 1. The smallest absolute Gasteiger partial charge is 0.308 e. The van der Waals surface area contributed by atoms with Crippen molar-refractivity contribution in [1.82, 2.24) is 5.32 Å². The van der Waals surface area contributed by atoms with Crippen LogP contribution in [0.25, 0.3) is 0 Å². The number of hydrogen-bond acceptors (Lipinski definition) is 2. The molecule has 0 aliphatic heterocycles. The summed E-state index contributed by atoms with van der Waals surface area (Å²) in [6, 6.07) is 8.39. The molecule has 3 amide bonds. The second kappa shape index (κ2) is 6.32. The second-order valence-electron chi connectivity index (χ2n) is 4.02. The minimum atomic E-state index is -1.31. The number of carbonyl (C=O) groups is 2. The van der Waals surface area contributed by atoms with Crippen molar-refractivity contribution in [1.29, 1.82) is 0 Å². The molecule has 0 spiro atoms. The van der Waals surface area contributed by atoms with Crippen LogP contribution >= 0.6 is 11.6 Å². The average molecular weight is 311 g/mol. The highest BCUT2D eigenvalue weighted by Crippen LogP contribution is 2.14. The molecule has 0 aromatic heterocycles. The summed E-state index contributed by atoms with van der Waals surface area (Å²) < 4.78 is 26.4. The van der Waals surface area contributed by atoms with Gasteiger partial charge < -0.3 is 5.32 Å². The standard InChI is InChI=1S/C14H9ClF2N2O2/c15-8-4-6-9(7-5-8)18-14(21)19-13(20)10-2-1-3-11(16)12(10)17/h1-7H,(H2,18,19,20,21). The number of amides is 3. The number of imide groups is 1. The van der Waals surface area contributed by atoms with Gasteiger partial charge in [0.15, 0.2) is 11.6 Å². The van der Waals surface area contributed by atoms with E-state index in [0.29, 0.717) is 10.7 Å². The van der Waals surface area contributed by atoms with Crippen LogP contribution in [0.1, 0.15) is 10.4 Å². The molecule has 0 atom stereocenters. The molecule has 0 bridgehead atoms. The number of rotatable bonds is 2. The molecule has 0 fully saturated rings. The third kappa shape index (κ3) is 3.76. The molecule has 2 rings (SSSR count). The van der Waals surface area contributed by atoms with Crippen molar-refractivity contribution < 1.29 is 18.4 Å². The van der Waals surface area contributed by atoms with Gasteiger partial charge in [-0.25, -0.2) is 13.6 Å². The summed E-state index contributed by atoms with van der Waals surface area (Å²) in [6.45, 7) is 0. The van der Waals surface area contributed by atoms with Crippen molar-refractivity contribution in [2.45, 2.75) is 0 Å². The minimum Gasteiger partial charge on any atom is -0.308 e. The minimum absolute atomic E-state index is 0.393. The van der Waals surface area contributed by atoms with E-state index in [9.17, 15) is 18.4 Å². The lowest BCUT2D eigenvalue weighted by Gasteiger charge is -2.07. The van der Waals surface area contributed by atoms with Gasteiger partial charge >= 0.3 is 6.03 Å². The summed E-state index contributed by atoms with van der Waals surface area (Å²) in [4.78, 5) is 23.3. The summed E-state index contributed by atoms with van der Waals surface area (Å²) >= 11 is 5.69. The Kier molecular flexibility index (Phi) is 4.49. The molecular formula is C14H9ClF2N2O2. The maximum Gasteiger partial charge on any atom is 0.326 e. The van der Waals surface area contributed by atoms with Gasteiger partial charge in [0.05, 0.1) is 5.56 Å². The van der Waals surface area contributed by atoms with Crippen LogP contribution in [0.5, 0.6) is 0 Å². The van der Waals surface area contributed by atoms with Crippen LogP contribution in [0.15, 0.2) is 42.5 Å². The molecular weight excluding hydrogens is 302 g/mol. The van der Waals surface area contributed by atoms with Gasteiger partial charge in [-0.15, -0.1) is 0 Å². The number of benzene rings is 2. The Balaban J connectivity index is 2.04. The second-order valence-corrected chi connectivity index (χ2v) is 4.45. The first kappa shape index (κ1) is 14.9. The number of anilines is 1. The first-order chi connectivity index (χ1) is 9.97. The molecule has 108 valence electrons. The fraction of sp³-hybridized carbons (Fsp3) is 0. The Bertz CT molecular complexity index is 690. The summed E-state index contributed by atoms with van der Waals surface area (Å²) in [5.41, 5.74) is -0.161. The van der Waals surface area contributed by atoms with Crippen LogP contribution in [-0.4, -0.2) is 11.9 Å². The van der Waals surface area contributed by atoms with Crippen LogP contribution in [0, 0.1) is 11.6 Å². The maximum absolute atomic E-state index is 13.4. The van der Waals surface area contributed by atoms with Crippen molar-refractivity contribution in [3.63, 3.8) is 0 Å².